The normalized spacial score (nSPS) is 17.8. The van der Waals surface area contributed by atoms with Crippen LogP contribution in [0.3, 0.4) is 0 Å². The number of anilines is 2. The molecular weight excluding hydrogens is 820 g/mol. The number of aromatic nitrogens is 2. The molecule has 6 rings (SSSR count). The van der Waals surface area contributed by atoms with Crippen molar-refractivity contribution in [2.24, 2.45) is 10.8 Å². The molecule has 6 heterocycles. The molecule has 4 aliphatic rings. The summed E-state index contributed by atoms with van der Waals surface area (Å²) in [4.78, 5) is 38.1. The molecule has 0 unspecified atom stereocenters. The third kappa shape index (κ3) is 11.5. The van der Waals surface area contributed by atoms with Gasteiger partial charge in [-0.25, -0.2) is 19.6 Å². The first-order chi connectivity index (χ1) is 28.8. The number of carboxylic acid groups (broad SMARTS) is 1. The quantitative estimate of drug-likeness (QED) is 0.152. The van der Waals surface area contributed by atoms with Crippen molar-refractivity contribution >= 4 is 39.7 Å². The zero-order valence-electron chi connectivity index (χ0n) is 41.0. The fraction of sp³-hybridized carbons (Fsp3) is 0.673. The summed E-state index contributed by atoms with van der Waals surface area (Å²) in [6.07, 6.45) is 7.82. The Bertz CT molecular complexity index is 1950. The Morgan fingerprint density at radius 1 is 0.635 bits per heavy atom. The van der Waals surface area contributed by atoms with E-state index in [4.69, 9.17) is 14.2 Å². The van der Waals surface area contributed by atoms with Crippen LogP contribution >= 0.6 is 0 Å². The van der Waals surface area contributed by atoms with Gasteiger partial charge in [0.2, 0.25) is 0 Å². The Hall–Kier alpha value is -3.13. The summed E-state index contributed by atoms with van der Waals surface area (Å²) in [6.45, 7) is 34.3. The maximum Gasteiger partial charge on any atom is 1.00 e. The summed E-state index contributed by atoms with van der Waals surface area (Å²) in [5.74, 6) is 6.76. The molecule has 0 bridgehead atoms. The van der Waals surface area contributed by atoms with E-state index in [-0.39, 0.29) is 41.3 Å². The Morgan fingerprint density at radius 2 is 0.952 bits per heavy atom. The van der Waals surface area contributed by atoms with E-state index in [1.165, 1.54) is 7.11 Å². The summed E-state index contributed by atoms with van der Waals surface area (Å²) < 4.78 is 16.1. The molecule has 0 aromatic carbocycles. The topological polar surface area (TPSA) is 144 Å². The van der Waals surface area contributed by atoms with Crippen molar-refractivity contribution in [3.8, 4) is 22.9 Å². The van der Waals surface area contributed by atoms with Gasteiger partial charge in [0.05, 0.1) is 7.11 Å². The summed E-state index contributed by atoms with van der Waals surface area (Å²) in [5.41, 5.74) is 13.5. The maximum atomic E-state index is 12.6. The average Bonchev–Trinajstić information content (AvgIpc) is 3.19. The van der Waals surface area contributed by atoms with E-state index in [9.17, 15) is 14.7 Å². The van der Waals surface area contributed by atoms with Gasteiger partial charge in [-0.05, 0) is 71.1 Å². The van der Waals surface area contributed by atoms with Crippen molar-refractivity contribution in [2.45, 2.75) is 142 Å². The number of hydrogen-bond donors (Lipinski definition) is 1. The fourth-order valence-corrected chi connectivity index (χ4v) is 21.7. The smallest absolute Gasteiger partial charge is 0.870 e. The Balaban J connectivity index is 0.000000325. The molecule has 2 spiro atoms. The minimum atomic E-state index is -1.87. The van der Waals surface area contributed by atoms with E-state index in [2.05, 4.69) is 126 Å². The van der Waals surface area contributed by atoms with Crippen LogP contribution in [0.2, 0.25) is 33.2 Å². The standard InChI is InChI=1S/C25H38N2O3Si.C24H36N2O3Si.Li.H2O/c1-18(2)31(19(3)4,20(5)6)13-8-21-14-22(24(28)29-7)23(26-15-21)27-16-25(17-27)9-11-30-12-10-25;1-17(2)30(18(3)4,19(5)6)12-7-20-13-21(23(27)28)22(25-14-20)26-15-24(16-26)8-10-29-11-9-24;;/h14-15,18-20H,9-12,16-17H2,1-7H3;13-14,17-19H,8-11,15-16H2,1-6H3,(H,27,28);;1H2/q;;+1;/p-1. The maximum absolute atomic E-state index is 12.6. The number of hydrogen-bond acceptors (Lipinski definition) is 10. The molecule has 2 aromatic heterocycles. The molecule has 4 saturated heterocycles. The van der Waals surface area contributed by atoms with Crippen LogP contribution in [0.15, 0.2) is 24.5 Å². The Labute approximate surface area is 393 Å². The van der Waals surface area contributed by atoms with Gasteiger partial charge in [0.15, 0.2) is 0 Å². The van der Waals surface area contributed by atoms with Gasteiger partial charge in [-0.3, -0.25) is 0 Å². The molecular formula is C49H75LiN4O7Si2. The van der Waals surface area contributed by atoms with Gasteiger partial charge < -0.3 is 34.6 Å². The third-order valence-electron chi connectivity index (χ3n) is 14.8. The van der Waals surface area contributed by atoms with Crippen LogP contribution in [-0.2, 0) is 14.2 Å². The molecule has 4 aliphatic heterocycles. The van der Waals surface area contributed by atoms with Gasteiger partial charge in [0.1, 0.15) is 38.9 Å². The van der Waals surface area contributed by atoms with Gasteiger partial charge in [-0.15, -0.1) is 11.1 Å². The first-order valence-electron chi connectivity index (χ1n) is 22.8. The van der Waals surface area contributed by atoms with E-state index >= 15 is 0 Å². The largest absolute Gasteiger partial charge is 1.00 e. The fourth-order valence-electron chi connectivity index (χ4n) is 11.3. The Morgan fingerprint density at radius 3 is 1.25 bits per heavy atom. The second-order valence-electron chi connectivity index (χ2n) is 20.2. The molecule has 11 nitrogen and oxygen atoms in total. The second kappa shape index (κ2) is 22.4. The second-order valence-corrected chi connectivity index (χ2v) is 31.4. The molecule has 4 fully saturated rings. The van der Waals surface area contributed by atoms with Crippen LogP contribution in [-0.4, -0.2) is 108 Å². The first-order valence-corrected chi connectivity index (χ1v) is 27.3. The summed E-state index contributed by atoms with van der Waals surface area (Å²) >= 11 is 0. The predicted octanol–water partition coefficient (Wildman–Crippen LogP) is 6.85. The van der Waals surface area contributed by atoms with Crippen molar-refractivity contribution in [3.05, 3.63) is 46.8 Å². The zero-order chi connectivity index (χ0) is 44.9. The molecule has 14 heteroatoms. The minimum Gasteiger partial charge on any atom is -0.870 e. The van der Waals surface area contributed by atoms with Crippen LogP contribution in [0.4, 0.5) is 11.6 Å². The molecule has 2 aromatic rings. The monoisotopic (exact) mass is 895 g/mol. The van der Waals surface area contributed by atoms with Crippen LogP contribution in [0, 0.1) is 33.8 Å². The van der Waals surface area contributed by atoms with Crippen LogP contribution in [0.25, 0.3) is 0 Å². The Kier molecular flexibility index (Phi) is 19.3. The SMILES string of the molecule is CC(C)[Si](C#Cc1cnc(N2CC3(CCOCC3)C2)c(C(=O)O)c1)(C(C)C)C(C)C.COC(=O)c1cc(C#C[Si](C(C)C)(C(C)C)C(C)C)cnc1N1CC2(CCOCC2)C1.[Li+].[OH-]. The van der Waals surface area contributed by atoms with Gasteiger partial charge in [0.25, 0.3) is 0 Å². The number of carbonyl (C=O) groups excluding carboxylic acids is 1. The molecule has 342 valence electrons. The summed E-state index contributed by atoms with van der Waals surface area (Å²) in [6, 6.07) is 3.59. The molecule has 0 amide bonds. The van der Waals surface area contributed by atoms with Crippen LogP contribution < -0.4 is 28.7 Å². The van der Waals surface area contributed by atoms with Gasteiger partial charge in [-0.2, -0.15) is 0 Å². The number of nitrogens with zero attached hydrogens (tertiary/aromatic N) is 4. The average molecular weight is 895 g/mol. The number of pyridine rings is 2. The van der Waals surface area contributed by atoms with Crippen molar-refractivity contribution in [1.82, 2.24) is 9.97 Å². The third-order valence-corrected chi connectivity index (χ3v) is 27.3. The number of ether oxygens (including phenoxy) is 3. The number of methoxy groups -OCH3 is 1. The number of carbonyl (C=O) groups is 2. The first kappa shape index (κ1) is 54.2. The van der Waals surface area contributed by atoms with Crippen molar-refractivity contribution in [1.29, 1.82) is 0 Å². The van der Waals surface area contributed by atoms with Crippen molar-refractivity contribution < 1.29 is 53.2 Å². The van der Waals surface area contributed by atoms with Gasteiger partial charge >= 0.3 is 30.8 Å². The number of carboxylic acids is 1. The molecule has 63 heavy (non-hydrogen) atoms. The number of aromatic carboxylic acids is 1. The number of esters is 1. The number of rotatable bonds is 10. The zero-order valence-corrected chi connectivity index (χ0v) is 43.0. The minimum absolute atomic E-state index is 0. The molecule has 0 aliphatic carbocycles. The van der Waals surface area contributed by atoms with Crippen molar-refractivity contribution in [3.63, 3.8) is 0 Å². The predicted molar refractivity (Wildman–Crippen MR) is 254 cm³/mol. The molecule has 0 saturated carbocycles. The molecule has 0 radical (unpaired) electrons. The molecule has 2 N–H and O–H groups in total. The van der Waals surface area contributed by atoms with Gasteiger partial charge in [-0.1, -0.05) is 94.9 Å². The van der Waals surface area contributed by atoms with Crippen LogP contribution in [0.5, 0.6) is 0 Å². The van der Waals surface area contributed by atoms with E-state index in [0.29, 0.717) is 55.6 Å². The van der Waals surface area contributed by atoms with Crippen LogP contribution in [0.1, 0.15) is 141 Å². The van der Waals surface area contributed by atoms with E-state index in [1.54, 1.807) is 12.3 Å². The van der Waals surface area contributed by atoms with E-state index in [0.717, 1.165) is 89.7 Å². The van der Waals surface area contributed by atoms with Crippen molar-refractivity contribution in [2.75, 3.05) is 69.5 Å². The van der Waals surface area contributed by atoms with E-state index in [1.807, 2.05) is 12.3 Å². The summed E-state index contributed by atoms with van der Waals surface area (Å²) in [7, 11) is -2.29. The van der Waals surface area contributed by atoms with E-state index < -0.39 is 22.1 Å². The summed E-state index contributed by atoms with van der Waals surface area (Å²) in [5, 5.41) is 9.83. The van der Waals surface area contributed by atoms with Gasteiger partial charge in [0, 0.05) is 87.0 Å². The molecule has 0 atom stereocenters.